The molecule has 0 bridgehead atoms. The standard InChI is InChI=1S/C20H23FN2O3S/c1-15-6-8-18(9-7-15)27(25,26)23-12-10-16(11-13-23)20(24)22-14-17-4-2-3-5-19(17)21/h2-9,16H,10-14H2,1H3,(H,22,24). The number of carbonyl (C=O) groups excluding carboxylic acids is 1. The number of benzene rings is 2. The number of sulfonamides is 1. The van der Waals surface area contributed by atoms with E-state index in [1.165, 1.54) is 10.4 Å². The van der Waals surface area contributed by atoms with E-state index in [0.717, 1.165) is 5.56 Å². The van der Waals surface area contributed by atoms with Crippen LogP contribution in [0, 0.1) is 18.7 Å². The van der Waals surface area contributed by atoms with Crippen LogP contribution < -0.4 is 5.32 Å². The second-order valence-electron chi connectivity index (χ2n) is 6.80. The molecule has 1 heterocycles. The summed E-state index contributed by atoms with van der Waals surface area (Å²) in [5, 5.41) is 2.75. The van der Waals surface area contributed by atoms with Crippen LogP contribution in [0.4, 0.5) is 4.39 Å². The summed E-state index contributed by atoms with van der Waals surface area (Å²) in [5.74, 6) is -0.774. The molecule has 0 aromatic heterocycles. The van der Waals surface area contributed by atoms with Gasteiger partial charge in [0.05, 0.1) is 4.90 Å². The van der Waals surface area contributed by atoms with Crippen molar-refractivity contribution in [1.29, 1.82) is 0 Å². The van der Waals surface area contributed by atoms with Crippen LogP contribution in [0.3, 0.4) is 0 Å². The maximum Gasteiger partial charge on any atom is 0.243 e. The molecular weight excluding hydrogens is 367 g/mol. The first kappa shape index (κ1) is 19.5. The van der Waals surface area contributed by atoms with Gasteiger partial charge < -0.3 is 5.32 Å². The Labute approximate surface area is 159 Å². The molecule has 1 saturated heterocycles. The van der Waals surface area contributed by atoms with Gasteiger partial charge in [-0.05, 0) is 38.0 Å². The van der Waals surface area contributed by atoms with Gasteiger partial charge in [0, 0.05) is 31.1 Å². The average molecular weight is 390 g/mol. The first-order chi connectivity index (χ1) is 12.9. The molecule has 0 unspecified atom stereocenters. The molecule has 1 fully saturated rings. The van der Waals surface area contributed by atoms with Crippen molar-refractivity contribution < 1.29 is 17.6 Å². The monoisotopic (exact) mass is 390 g/mol. The number of aryl methyl sites for hydroxylation is 1. The Hall–Kier alpha value is -2.25. The van der Waals surface area contributed by atoms with E-state index in [4.69, 9.17) is 0 Å². The van der Waals surface area contributed by atoms with Gasteiger partial charge >= 0.3 is 0 Å². The van der Waals surface area contributed by atoms with Crippen LogP contribution in [0.2, 0.25) is 0 Å². The highest BCUT2D eigenvalue weighted by atomic mass is 32.2. The molecule has 5 nitrogen and oxygen atoms in total. The molecule has 0 aliphatic carbocycles. The highest BCUT2D eigenvalue weighted by Crippen LogP contribution is 2.24. The summed E-state index contributed by atoms with van der Waals surface area (Å²) in [6, 6.07) is 13.1. The van der Waals surface area contributed by atoms with Crippen molar-refractivity contribution in [3.05, 3.63) is 65.5 Å². The average Bonchev–Trinajstić information content (AvgIpc) is 2.67. The molecule has 7 heteroatoms. The fourth-order valence-corrected chi connectivity index (χ4v) is 4.66. The van der Waals surface area contributed by atoms with Gasteiger partial charge in [0.15, 0.2) is 0 Å². The van der Waals surface area contributed by atoms with E-state index in [9.17, 15) is 17.6 Å². The zero-order valence-electron chi connectivity index (χ0n) is 15.2. The van der Waals surface area contributed by atoms with Crippen LogP contribution in [0.1, 0.15) is 24.0 Å². The molecule has 2 aromatic rings. The maximum atomic E-state index is 13.6. The molecule has 0 saturated carbocycles. The van der Waals surface area contributed by atoms with E-state index < -0.39 is 10.0 Å². The minimum absolute atomic E-state index is 0.132. The summed E-state index contributed by atoms with van der Waals surface area (Å²) < 4.78 is 40.5. The number of hydrogen-bond donors (Lipinski definition) is 1. The normalized spacial score (nSPS) is 16.2. The lowest BCUT2D eigenvalue weighted by Gasteiger charge is -2.30. The number of nitrogens with zero attached hydrogens (tertiary/aromatic N) is 1. The number of amides is 1. The molecule has 3 rings (SSSR count). The van der Waals surface area contributed by atoms with Crippen molar-refractivity contribution >= 4 is 15.9 Å². The Kier molecular flexibility index (Phi) is 5.92. The summed E-state index contributed by atoms with van der Waals surface area (Å²) in [7, 11) is -3.54. The highest BCUT2D eigenvalue weighted by molar-refractivity contribution is 7.89. The summed E-state index contributed by atoms with van der Waals surface area (Å²) in [4.78, 5) is 12.6. The van der Waals surface area contributed by atoms with Gasteiger partial charge in [-0.2, -0.15) is 4.31 Å². The molecular formula is C20H23FN2O3S. The number of halogens is 1. The maximum absolute atomic E-state index is 13.6. The molecule has 1 aliphatic heterocycles. The second kappa shape index (κ2) is 8.19. The van der Waals surface area contributed by atoms with Crippen molar-refractivity contribution in [3.8, 4) is 0 Å². The molecule has 1 amide bonds. The van der Waals surface area contributed by atoms with Crippen molar-refractivity contribution in [2.45, 2.75) is 31.2 Å². The Morgan fingerprint density at radius 1 is 1.11 bits per heavy atom. The number of piperidine rings is 1. The molecule has 1 N–H and O–H groups in total. The predicted octanol–water partition coefficient (Wildman–Crippen LogP) is 2.85. The third-order valence-electron chi connectivity index (χ3n) is 4.89. The van der Waals surface area contributed by atoms with Gasteiger partial charge in [0.1, 0.15) is 5.82 Å². The Balaban J connectivity index is 1.56. The van der Waals surface area contributed by atoms with E-state index in [2.05, 4.69) is 5.32 Å². The topological polar surface area (TPSA) is 66.5 Å². The van der Waals surface area contributed by atoms with E-state index in [1.807, 2.05) is 6.92 Å². The first-order valence-corrected chi connectivity index (χ1v) is 10.4. The van der Waals surface area contributed by atoms with Gasteiger partial charge in [0.25, 0.3) is 0 Å². The van der Waals surface area contributed by atoms with Gasteiger partial charge in [-0.3, -0.25) is 4.79 Å². The van der Waals surface area contributed by atoms with Crippen LogP contribution >= 0.6 is 0 Å². The molecule has 2 aromatic carbocycles. The molecule has 144 valence electrons. The van der Waals surface area contributed by atoms with Gasteiger partial charge in [0.2, 0.25) is 15.9 Å². The lowest BCUT2D eigenvalue weighted by molar-refractivity contribution is -0.126. The van der Waals surface area contributed by atoms with Crippen LogP contribution in [-0.4, -0.2) is 31.7 Å². The van der Waals surface area contributed by atoms with E-state index in [0.29, 0.717) is 31.5 Å². The quantitative estimate of drug-likeness (QED) is 0.854. The van der Waals surface area contributed by atoms with Crippen LogP contribution in [0.5, 0.6) is 0 Å². The van der Waals surface area contributed by atoms with E-state index in [-0.39, 0.29) is 29.1 Å². The van der Waals surface area contributed by atoms with Crippen molar-refractivity contribution in [1.82, 2.24) is 9.62 Å². The van der Waals surface area contributed by atoms with Crippen LogP contribution in [-0.2, 0) is 21.4 Å². The summed E-state index contributed by atoms with van der Waals surface area (Å²) >= 11 is 0. The smallest absolute Gasteiger partial charge is 0.243 e. The molecule has 27 heavy (non-hydrogen) atoms. The van der Waals surface area contributed by atoms with Gasteiger partial charge in [-0.25, -0.2) is 12.8 Å². The number of nitrogens with one attached hydrogen (secondary N) is 1. The first-order valence-electron chi connectivity index (χ1n) is 8.96. The highest BCUT2D eigenvalue weighted by Gasteiger charge is 2.32. The third-order valence-corrected chi connectivity index (χ3v) is 6.81. The number of hydrogen-bond acceptors (Lipinski definition) is 3. The van der Waals surface area contributed by atoms with Crippen molar-refractivity contribution in [3.63, 3.8) is 0 Å². The van der Waals surface area contributed by atoms with Gasteiger partial charge in [-0.15, -0.1) is 0 Å². The summed E-state index contributed by atoms with van der Waals surface area (Å²) in [6.07, 6.45) is 0.905. The van der Waals surface area contributed by atoms with E-state index >= 15 is 0 Å². The third kappa shape index (κ3) is 4.54. The molecule has 0 radical (unpaired) electrons. The number of carbonyl (C=O) groups is 1. The lowest BCUT2D eigenvalue weighted by atomic mass is 9.97. The SMILES string of the molecule is Cc1ccc(S(=O)(=O)N2CCC(C(=O)NCc3ccccc3F)CC2)cc1. The zero-order valence-corrected chi connectivity index (χ0v) is 16.0. The second-order valence-corrected chi connectivity index (χ2v) is 8.74. The fourth-order valence-electron chi connectivity index (χ4n) is 3.19. The minimum atomic E-state index is -3.54. The molecule has 0 atom stereocenters. The van der Waals surface area contributed by atoms with Gasteiger partial charge in [-0.1, -0.05) is 35.9 Å². The Morgan fingerprint density at radius 2 is 1.74 bits per heavy atom. The van der Waals surface area contributed by atoms with Crippen molar-refractivity contribution in [2.24, 2.45) is 5.92 Å². The lowest BCUT2D eigenvalue weighted by Crippen LogP contribution is -2.42. The van der Waals surface area contributed by atoms with E-state index in [1.54, 1.807) is 42.5 Å². The number of rotatable bonds is 5. The molecule has 1 aliphatic rings. The fraction of sp³-hybridized carbons (Fsp3) is 0.350. The predicted molar refractivity (Wildman–Crippen MR) is 101 cm³/mol. The summed E-state index contributed by atoms with van der Waals surface area (Å²) in [6.45, 7) is 2.64. The van der Waals surface area contributed by atoms with Crippen molar-refractivity contribution in [2.75, 3.05) is 13.1 Å². The molecule has 0 spiro atoms. The zero-order chi connectivity index (χ0) is 19.4. The van der Waals surface area contributed by atoms with Crippen LogP contribution in [0.25, 0.3) is 0 Å². The minimum Gasteiger partial charge on any atom is -0.352 e. The van der Waals surface area contributed by atoms with Crippen LogP contribution in [0.15, 0.2) is 53.4 Å². The largest absolute Gasteiger partial charge is 0.352 e. The Bertz CT molecular complexity index is 905. The summed E-state index contributed by atoms with van der Waals surface area (Å²) in [5.41, 5.74) is 1.43. The Morgan fingerprint density at radius 3 is 2.37 bits per heavy atom.